The molecule has 1 aliphatic carbocycles. The molecule has 1 N–H and O–H groups in total. The Morgan fingerprint density at radius 1 is 1.24 bits per heavy atom. The van der Waals surface area contributed by atoms with E-state index in [9.17, 15) is 5.11 Å². The molecule has 0 bridgehead atoms. The summed E-state index contributed by atoms with van der Waals surface area (Å²) < 4.78 is 5.66. The normalized spacial score (nSPS) is 26.3. The highest BCUT2D eigenvalue weighted by atomic mass is 16.4. The second kappa shape index (κ2) is 4.74. The van der Waals surface area contributed by atoms with Gasteiger partial charge < -0.3 is 9.52 Å². The van der Waals surface area contributed by atoms with Gasteiger partial charge >= 0.3 is 0 Å². The second-order valence-electron chi connectivity index (χ2n) is 5.11. The van der Waals surface area contributed by atoms with Crippen molar-refractivity contribution in [2.45, 2.75) is 50.6 Å². The van der Waals surface area contributed by atoms with Gasteiger partial charge in [-0.3, -0.25) is 4.90 Å². The van der Waals surface area contributed by atoms with Crippen molar-refractivity contribution in [1.82, 2.24) is 15.1 Å². The Balaban J connectivity index is 1.63. The largest absolute Gasteiger partial charge is 0.424 e. The molecule has 1 aliphatic heterocycles. The molecule has 1 unspecified atom stereocenters. The zero-order valence-electron chi connectivity index (χ0n) is 10.0. The van der Waals surface area contributed by atoms with Crippen LogP contribution in [0.2, 0.25) is 0 Å². The monoisotopic (exact) mass is 237 g/mol. The number of likely N-dealkylation sites (tertiary alicyclic amines) is 1. The minimum Gasteiger partial charge on any atom is -0.424 e. The lowest BCUT2D eigenvalue weighted by Crippen LogP contribution is -2.41. The van der Waals surface area contributed by atoms with Crippen molar-refractivity contribution >= 4 is 0 Å². The molecule has 0 aromatic carbocycles. The van der Waals surface area contributed by atoms with Crippen LogP contribution in [-0.2, 0) is 6.54 Å². The van der Waals surface area contributed by atoms with Crippen molar-refractivity contribution in [2.24, 2.45) is 0 Å². The number of aliphatic hydroxyl groups is 1. The minimum absolute atomic E-state index is 0.226. The number of hydrogen-bond donors (Lipinski definition) is 1. The van der Waals surface area contributed by atoms with Crippen molar-refractivity contribution < 1.29 is 9.52 Å². The van der Waals surface area contributed by atoms with Crippen LogP contribution in [0.1, 0.15) is 49.8 Å². The van der Waals surface area contributed by atoms with E-state index in [4.69, 9.17) is 4.42 Å². The smallest absolute Gasteiger partial charge is 0.230 e. The lowest BCUT2D eigenvalue weighted by atomic mass is 10.0. The molecule has 5 heteroatoms. The molecule has 1 saturated heterocycles. The summed E-state index contributed by atoms with van der Waals surface area (Å²) >= 11 is 0. The van der Waals surface area contributed by atoms with Crippen LogP contribution >= 0.6 is 0 Å². The molecule has 0 spiro atoms. The van der Waals surface area contributed by atoms with E-state index >= 15 is 0 Å². The maximum absolute atomic E-state index is 9.33. The van der Waals surface area contributed by atoms with Gasteiger partial charge in [-0.2, -0.15) is 0 Å². The first-order chi connectivity index (χ1) is 8.36. The summed E-state index contributed by atoms with van der Waals surface area (Å²) in [5, 5.41) is 17.5. The highest BCUT2D eigenvalue weighted by molar-refractivity contribution is 5.00. The molecule has 1 aromatic heterocycles. The predicted octanol–water partition coefficient (Wildman–Crippen LogP) is 1.29. The van der Waals surface area contributed by atoms with E-state index < -0.39 is 0 Å². The number of aromatic nitrogens is 2. The summed E-state index contributed by atoms with van der Waals surface area (Å²) in [7, 11) is 0. The number of rotatable bonds is 4. The zero-order valence-corrected chi connectivity index (χ0v) is 10.0. The molecule has 3 rings (SSSR count). The topological polar surface area (TPSA) is 62.4 Å². The minimum atomic E-state index is 0.226. The first kappa shape index (κ1) is 11.2. The Bertz CT molecular complexity index is 376. The van der Waals surface area contributed by atoms with Crippen LogP contribution in [0.25, 0.3) is 0 Å². The molecule has 1 saturated carbocycles. The fourth-order valence-corrected chi connectivity index (χ4v) is 2.47. The van der Waals surface area contributed by atoms with Gasteiger partial charge in [0.05, 0.1) is 13.2 Å². The lowest BCUT2D eigenvalue weighted by molar-refractivity contribution is 0.0764. The van der Waals surface area contributed by atoms with Gasteiger partial charge in [0.1, 0.15) is 0 Å². The SMILES string of the molecule is OCC1CCCCN1Cc1nnc(C2CC2)o1. The summed E-state index contributed by atoms with van der Waals surface area (Å²) in [4.78, 5) is 2.26. The summed E-state index contributed by atoms with van der Waals surface area (Å²) in [6.07, 6.45) is 5.84. The summed E-state index contributed by atoms with van der Waals surface area (Å²) in [6, 6.07) is 0.264. The standard InChI is InChI=1S/C12H19N3O2/c16-8-10-3-1-2-6-15(10)7-11-13-14-12(17-11)9-4-5-9/h9-10,16H,1-8H2. The summed E-state index contributed by atoms with van der Waals surface area (Å²) in [6.45, 7) is 1.93. The fourth-order valence-electron chi connectivity index (χ4n) is 2.47. The number of hydrogen-bond acceptors (Lipinski definition) is 5. The molecule has 0 radical (unpaired) electrons. The maximum Gasteiger partial charge on any atom is 0.230 e. The fraction of sp³-hybridized carbons (Fsp3) is 0.833. The van der Waals surface area contributed by atoms with Gasteiger partial charge in [0, 0.05) is 12.0 Å². The van der Waals surface area contributed by atoms with Crippen LogP contribution < -0.4 is 0 Å². The van der Waals surface area contributed by atoms with Crippen LogP contribution in [0.5, 0.6) is 0 Å². The lowest BCUT2D eigenvalue weighted by Gasteiger charge is -2.33. The molecule has 1 atom stereocenters. The quantitative estimate of drug-likeness (QED) is 0.855. The van der Waals surface area contributed by atoms with E-state index in [0.717, 1.165) is 18.9 Å². The van der Waals surface area contributed by atoms with Gasteiger partial charge in [0.15, 0.2) is 0 Å². The third-order valence-corrected chi connectivity index (χ3v) is 3.71. The predicted molar refractivity (Wildman–Crippen MR) is 61.4 cm³/mol. The third-order valence-electron chi connectivity index (χ3n) is 3.71. The Hall–Kier alpha value is -0.940. The van der Waals surface area contributed by atoms with Crippen molar-refractivity contribution in [3.63, 3.8) is 0 Å². The van der Waals surface area contributed by atoms with Crippen molar-refractivity contribution in [3.8, 4) is 0 Å². The van der Waals surface area contributed by atoms with E-state index in [2.05, 4.69) is 15.1 Å². The van der Waals surface area contributed by atoms with Gasteiger partial charge in [-0.05, 0) is 32.2 Å². The highest BCUT2D eigenvalue weighted by Gasteiger charge is 2.30. The first-order valence-corrected chi connectivity index (χ1v) is 6.54. The van der Waals surface area contributed by atoms with Crippen LogP contribution in [0.15, 0.2) is 4.42 Å². The number of piperidine rings is 1. The average molecular weight is 237 g/mol. The van der Waals surface area contributed by atoms with E-state index in [0.29, 0.717) is 18.4 Å². The zero-order chi connectivity index (χ0) is 11.7. The van der Waals surface area contributed by atoms with Gasteiger partial charge in [-0.25, -0.2) is 0 Å². The molecule has 5 nitrogen and oxygen atoms in total. The van der Waals surface area contributed by atoms with Crippen molar-refractivity contribution in [3.05, 3.63) is 11.8 Å². The third kappa shape index (κ3) is 2.50. The van der Waals surface area contributed by atoms with Crippen LogP contribution in [0.4, 0.5) is 0 Å². The second-order valence-corrected chi connectivity index (χ2v) is 5.11. The van der Waals surface area contributed by atoms with Gasteiger partial charge in [0.25, 0.3) is 0 Å². The molecule has 2 aliphatic rings. The molecule has 17 heavy (non-hydrogen) atoms. The molecule has 2 fully saturated rings. The first-order valence-electron chi connectivity index (χ1n) is 6.54. The number of aliphatic hydroxyl groups excluding tert-OH is 1. The average Bonchev–Trinajstić information content (AvgIpc) is 3.11. The van der Waals surface area contributed by atoms with Gasteiger partial charge in [-0.1, -0.05) is 6.42 Å². The summed E-state index contributed by atoms with van der Waals surface area (Å²) in [5.74, 6) is 2.02. The van der Waals surface area contributed by atoms with E-state index in [1.54, 1.807) is 0 Å². The molecular formula is C12H19N3O2. The molecule has 1 aromatic rings. The van der Waals surface area contributed by atoms with Gasteiger partial charge in [0.2, 0.25) is 11.8 Å². The molecular weight excluding hydrogens is 218 g/mol. The summed E-state index contributed by atoms with van der Waals surface area (Å²) in [5.41, 5.74) is 0. The van der Waals surface area contributed by atoms with Crippen LogP contribution in [-0.4, -0.2) is 39.4 Å². The van der Waals surface area contributed by atoms with Crippen LogP contribution in [0.3, 0.4) is 0 Å². The number of nitrogens with zero attached hydrogens (tertiary/aromatic N) is 3. The Labute approximate surface area is 101 Å². The Morgan fingerprint density at radius 3 is 2.88 bits per heavy atom. The van der Waals surface area contributed by atoms with E-state index in [-0.39, 0.29) is 12.6 Å². The molecule has 94 valence electrons. The van der Waals surface area contributed by atoms with Crippen molar-refractivity contribution in [2.75, 3.05) is 13.2 Å². The molecule has 0 amide bonds. The van der Waals surface area contributed by atoms with Gasteiger partial charge in [-0.15, -0.1) is 10.2 Å². The maximum atomic E-state index is 9.33. The Kier molecular flexibility index (Phi) is 3.11. The molecule has 2 heterocycles. The van der Waals surface area contributed by atoms with E-state index in [1.165, 1.54) is 25.7 Å². The van der Waals surface area contributed by atoms with Crippen molar-refractivity contribution in [1.29, 1.82) is 0 Å². The van der Waals surface area contributed by atoms with E-state index in [1.807, 2.05) is 0 Å². The highest BCUT2D eigenvalue weighted by Crippen LogP contribution is 2.39. The Morgan fingerprint density at radius 2 is 2.12 bits per heavy atom. The van der Waals surface area contributed by atoms with Crippen LogP contribution in [0, 0.1) is 0 Å².